The van der Waals surface area contributed by atoms with Crippen LogP contribution in [0.3, 0.4) is 0 Å². The Morgan fingerprint density at radius 3 is 2.88 bits per heavy atom. The monoisotopic (exact) mass is 250 g/mol. The molecule has 0 aliphatic heterocycles. The zero-order valence-electron chi connectivity index (χ0n) is 8.50. The molecule has 0 bridgehead atoms. The van der Waals surface area contributed by atoms with Crippen LogP contribution in [0.2, 0.25) is 5.02 Å². The molecule has 0 radical (unpaired) electrons. The summed E-state index contributed by atoms with van der Waals surface area (Å²) in [5.74, 6) is 0.354. The number of hydrogen-bond acceptors (Lipinski definition) is 5. The Kier molecular flexibility index (Phi) is 3.15. The zero-order chi connectivity index (χ0) is 12.3. The van der Waals surface area contributed by atoms with Crippen LogP contribution in [-0.2, 0) is 0 Å². The van der Waals surface area contributed by atoms with Crippen LogP contribution < -0.4 is 5.32 Å². The van der Waals surface area contributed by atoms with Crippen LogP contribution in [0, 0.1) is 10.1 Å². The molecule has 0 saturated heterocycles. The lowest BCUT2D eigenvalue weighted by Crippen LogP contribution is -1.96. The molecule has 2 rings (SSSR count). The van der Waals surface area contributed by atoms with Gasteiger partial charge in [0.1, 0.15) is 5.82 Å². The third-order valence-electron chi connectivity index (χ3n) is 1.99. The highest BCUT2D eigenvalue weighted by Crippen LogP contribution is 2.24. The summed E-state index contributed by atoms with van der Waals surface area (Å²) in [7, 11) is 0. The highest BCUT2D eigenvalue weighted by Gasteiger charge is 2.07. The molecule has 6 nitrogen and oxygen atoms in total. The Morgan fingerprint density at radius 2 is 2.18 bits per heavy atom. The van der Waals surface area contributed by atoms with Gasteiger partial charge < -0.3 is 5.32 Å². The zero-order valence-corrected chi connectivity index (χ0v) is 9.26. The standard InChI is InChI=1S/C10H7ClN4O2/c11-8-6-12-3-2-9(8)14-10-5-7(15(16)17)1-4-13-10/h1-6H,(H,12,13,14). The van der Waals surface area contributed by atoms with E-state index in [-0.39, 0.29) is 5.69 Å². The van der Waals surface area contributed by atoms with E-state index in [4.69, 9.17) is 11.6 Å². The predicted octanol–water partition coefficient (Wildman–Crippen LogP) is 2.78. The molecule has 0 saturated carbocycles. The summed E-state index contributed by atoms with van der Waals surface area (Å²) in [5.41, 5.74) is 0.558. The average molecular weight is 251 g/mol. The van der Waals surface area contributed by atoms with Gasteiger partial charge in [0.15, 0.2) is 0 Å². The molecule has 86 valence electrons. The number of halogens is 1. The number of rotatable bonds is 3. The molecule has 0 amide bonds. The molecule has 0 unspecified atom stereocenters. The first kappa shape index (κ1) is 11.3. The fourth-order valence-corrected chi connectivity index (χ4v) is 1.38. The summed E-state index contributed by atoms with van der Waals surface area (Å²) in [5, 5.41) is 13.9. The predicted molar refractivity (Wildman–Crippen MR) is 63.4 cm³/mol. The van der Waals surface area contributed by atoms with E-state index in [0.717, 1.165) is 0 Å². The van der Waals surface area contributed by atoms with Crippen molar-refractivity contribution in [3.05, 3.63) is 51.9 Å². The van der Waals surface area contributed by atoms with Crippen molar-refractivity contribution in [3.63, 3.8) is 0 Å². The van der Waals surface area contributed by atoms with Crippen LogP contribution in [0.4, 0.5) is 17.2 Å². The van der Waals surface area contributed by atoms with E-state index in [0.29, 0.717) is 16.5 Å². The van der Waals surface area contributed by atoms with Crippen LogP contribution in [0.1, 0.15) is 0 Å². The van der Waals surface area contributed by atoms with Crippen LogP contribution in [0.25, 0.3) is 0 Å². The molecule has 2 aromatic rings. The average Bonchev–Trinajstić information content (AvgIpc) is 2.32. The summed E-state index contributed by atoms with van der Waals surface area (Å²) in [4.78, 5) is 17.9. The van der Waals surface area contributed by atoms with Crippen LogP contribution in [0.5, 0.6) is 0 Å². The Morgan fingerprint density at radius 1 is 1.35 bits per heavy atom. The minimum absolute atomic E-state index is 0.0346. The van der Waals surface area contributed by atoms with Crippen molar-refractivity contribution in [2.75, 3.05) is 5.32 Å². The van der Waals surface area contributed by atoms with E-state index in [1.165, 1.54) is 24.5 Å². The van der Waals surface area contributed by atoms with E-state index in [1.807, 2.05) is 0 Å². The topological polar surface area (TPSA) is 81.0 Å². The second kappa shape index (κ2) is 4.75. The summed E-state index contributed by atoms with van der Waals surface area (Å²) in [6.07, 6.45) is 4.39. The normalized spacial score (nSPS) is 9.94. The van der Waals surface area contributed by atoms with E-state index in [1.54, 1.807) is 12.3 Å². The maximum atomic E-state index is 10.6. The van der Waals surface area contributed by atoms with Gasteiger partial charge in [0.25, 0.3) is 5.69 Å². The molecular formula is C10H7ClN4O2. The van der Waals surface area contributed by atoms with E-state index < -0.39 is 4.92 Å². The van der Waals surface area contributed by atoms with Gasteiger partial charge in [-0.2, -0.15) is 0 Å². The van der Waals surface area contributed by atoms with Gasteiger partial charge in [-0.25, -0.2) is 4.98 Å². The fraction of sp³-hybridized carbons (Fsp3) is 0. The van der Waals surface area contributed by atoms with Gasteiger partial charge in [0, 0.05) is 24.7 Å². The van der Waals surface area contributed by atoms with Gasteiger partial charge in [0.2, 0.25) is 0 Å². The highest BCUT2D eigenvalue weighted by molar-refractivity contribution is 6.33. The molecule has 0 atom stereocenters. The van der Waals surface area contributed by atoms with E-state index in [9.17, 15) is 10.1 Å². The quantitative estimate of drug-likeness (QED) is 0.669. The van der Waals surface area contributed by atoms with Crippen LogP contribution in [0.15, 0.2) is 36.8 Å². The van der Waals surface area contributed by atoms with Crippen molar-refractivity contribution in [3.8, 4) is 0 Å². The molecule has 7 heteroatoms. The first-order valence-corrected chi connectivity index (χ1v) is 5.01. The Hall–Kier alpha value is -2.21. The molecular weight excluding hydrogens is 244 g/mol. The largest absolute Gasteiger partial charge is 0.339 e. The maximum absolute atomic E-state index is 10.6. The highest BCUT2D eigenvalue weighted by atomic mass is 35.5. The SMILES string of the molecule is O=[N+]([O-])c1ccnc(Nc2ccncc2Cl)c1. The van der Waals surface area contributed by atoms with Crippen molar-refractivity contribution < 1.29 is 4.92 Å². The number of pyridine rings is 2. The molecule has 0 aliphatic carbocycles. The molecule has 17 heavy (non-hydrogen) atoms. The molecule has 0 fully saturated rings. The molecule has 0 spiro atoms. The second-order valence-corrected chi connectivity index (χ2v) is 3.54. The van der Waals surface area contributed by atoms with Gasteiger partial charge in [-0.1, -0.05) is 11.6 Å². The van der Waals surface area contributed by atoms with Gasteiger partial charge in [-0.15, -0.1) is 0 Å². The first-order chi connectivity index (χ1) is 8.16. The van der Waals surface area contributed by atoms with Gasteiger partial charge in [-0.05, 0) is 6.07 Å². The van der Waals surface area contributed by atoms with Crippen molar-refractivity contribution >= 4 is 28.8 Å². The lowest BCUT2D eigenvalue weighted by atomic mass is 10.3. The lowest BCUT2D eigenvalue weighted by molar-refractivity contribution is -0.384. The lowest BCUT2D eigenvalue weighted by Gasteiger charge is -2.06. The Labute approximate surface area is 101 Å². The number of hydrogen-bond donors (Lipinski definition) is 1. The van der Waals surface area contributed by atoms with E-state index in [2.05, 4.69) is 15.3 Å². The number of nitro groups is 1. The Bertz CT molecular complexity index is 562. The smallest absolute Gasteiger partial charge is 0.274 e. The molecule has 2 heterocycles. The number of aromatic nitrogens is 2. The van der Waals surface area contributed by atoms with Gasteiger partial charge in [-0.3, -0.25) is 15.1 Å². The van der Waals surface area contributed by atoms with Gasteiger partial charge in [0.05, 0.1) is 21.7 Å². The number of anilines is 2. The third kappa shape index (κ3) is 2.67. The molecule has 0 aliphatic rings. The first-order valence-electron chi connectivity index (χ1n) is 4.64. The van der Waals surface area contributed by atoms with Gasteiger partial charge >= 0.3 is 0 Å². The minimum atomic E-state index is -0.485. The van der Waals surface area contributed by atoms with E-state index >= 15 is 0 Å². The van der Waals surface area contributed by atoms with Crippen LogP contribution in [-0.4, -0.2) is 14.9 Å². The van der Waals surface area contributed by atoms with Crippen molar-refractivity contribution in [1.82, 2.24) is 9.97 Å². The number of nitrogens with zero attached hydrogens (tertiary/aromatic N) is 3. The molecule has 0 aromatic carbocycles. The summed E-state index contributed by atoms with van der Waals surface area (Å²) < 4.78 is 0. The summed E-state index contributed by atoms with van der Waals surface area (Å²) >= 11 is 5.89. The Balaban J connectivity index is 2.28. The van der Waals surface area contributed by atoms with Crippen molar-refractivity contribution in [1.29, 1.82) is 0 Å². The summed E-state index contributed by atoms with van der Waals surface area (Å²) in [6, 6.07) is 4.30. The number of nitrogens with one attached hydrogen (secondary N) is 1. The fourth-order valence-electron chi connectivity index (χ4n) is 1.22. The van der Waals surface area contributed by atoms with Crippen molar-refractivity contribution in [2.24, 2.45) is 0 Å². The summed E-state index contributed by atoms with van der Waals surface area (Å²) in [6.45, 7) is 0. The maximum Gasteiger partial charge on any atom is 0.274 e. The molecule has 2 aromatic heterocycles. The second-order valence-electron chi connectivity index (χ2n) is 3.14. The molecule has 1 N–H and O–H groups in total. The minimum Gasteiger partial charge on any atom is -0.339 e. The van der Waals surface area contributed by atoms with Crippen molar-refractivity contribution in [2.45, 2.75) is 0 Å². The van der Waals surface area contributed by atoms with Crippen LogP contribution >= 0.6 is 11.6 Å². The third-order valence-corrected chi connectivity index (χ3v) is 2.29.